The second kappa shape index (κ2) is 8.34. The van der Waals surface area contributed by atoms with Gasteiger partial charge in [-0.2, -0.15) is 0 Å². The van der Waals surface area contributed by atoms with Crippen LogP contribution in [0.2, 0.25) is 0 Å². The second-order valence-electron chi connectivity index (χ2n) is 7.86. The third-order valence-corrected chi connectivity index (χ3v) is 3.62. The minimum absolute atomic E-state index is 0.252. The van der Waals surface area contributed by atoms with Crippen LogP contribution in [0.5, 0.6) is 0 Å². The molecular weight excluding hydrogens is 288 g/mol. The smallest absolute Gasteiger partial charge is 0.293 e. The summed E-state index contributed by atoms with van der Waals surface area (Å²) in [6.45, 7) is 17.1. The number of piperazine rings is 1. The Morgan fingerprint density at radius 2 is 1.52 bits per heavy atom. The molecule has 1 heterocycles. The zero-order valence-corrected chi connectivity index (χ0v) is 15.5. The summed E-state index contributed by atoms with van der Waals surface area (Å²) in [7, 11) is 0. The van der Waals surface area contributed by atoms with Crippen LogP contribution in [-0.2, 0) is 14.9 Å². The summed E-state index contributed by atoms with van der Waals surface area (Å²) in [5.74, 6) is 0. The minimum atomic E-state index is -0.318. The number of hydrogen-bond donors (Lipinski definition) is 1. The Morgan fingerprint density at radius 3 is 1.87 bits per heavy atom. The largest absolute Gasteiger partial charge is 0.462 e. The van der Waals surface area contributed by atoms with Gasteiger partial charge >= 0.3 is 0 Å². The molecule has 23 heavy (non-hydrogen) atoms. The molecule has 1 aliphatic heterocycles. The predicted molar refractivity (Wildman–Crippen MR) is 97.1 cm³/mol. The zero-order chi connectivity index (χ0) is 17.5. The van der Waals surface area contributed by atoms with Crippen LogP contribution in [0.25, 0.3) is 0 Å². The topological polar surface area (TPSA) is 41.6 Å². The molecule has 0 saturated carbocycles. The fourth-order valence-electron chi connectivity index (χ4n) is 2.24. The van der Waals surface area contributed by atoms with E-state index in [0.29, 0.717) is 6.47 Å². The Kier molecular flexibility index (Phi) is 7.07. The molecule has 0 spiro atoms. The molecule has 0 bridgehead atoms. The molecule has 1 aromatic carbocycles. The molecule has 0 aliphatic carbocycles. The number of carbonyl (C=O) groups is 1. The van der Waals surface area contributed by atoms with E-state index in [1.807, 2.05) is 20.8 Å². The average molecular weight is 320 g/mol. The minimum Gasteiger partial charge on any atom is -0.462 e. The highest BCUT2D eigenvalue weighted by Crippen LogP contribution is 2.24. The van der Waals surface area contributed by atoms with Gasteiger partial charge in [-0.05, 0) is 43.9 Å². The van der Waals surface area contributed by atoms with Gasteiger partial charge in [0.2, 0.25) is 0 Å². The number of rotatable bonds is 2. The molecule has 0 atom stereocenters. The Morgan fingerprint density at radius 1 is 1.00 bits per heavy atom. The van der Waals surface area contributed by atoms with Gasteiger partial charge in [-0.1, -0.05) is 32.9 Å². The molecular formula is C19H32N2O2. The van der Waals surface area contributed by atoms with Gasteiger partial charge in [0.1, 0.15) is 5.60 Å². The van der Waals surface area contributed by atoms with E-state index in [9.17, 15) is 4.79 Å². The first-order chi connectivity index (χ1) is 10.6. The van der Waals surface area contributed by atoms with Crippen molar-refractivity contribution in [1.82, 2.24) is 5.32 Å². The lowest BCUT2D eigenvalue weighted by Gasteiger charge is -2.30. The van der Waals surface area contributed by atoms with E-state index >= 15 is 0 Å². The fourth-order valence-corrected chi connectivity index (χ4v) is 2.24. The van der Waals surface area contributed by atoms with Crippen molar-refractivity contribution in [2.75, 3.05) is 31.1 Å². The molecule has 0 amide bonds. The van der Waals surface area contributed by atoms with Crippen LogP contribution in [0.4, 0.5) is 5.69 Å². The first kappa shape index (κ1) is 19.5. The second-order valence-corrected chi connectivity index (χ2v) is 7.86. The van der Waals surface area contributed by atoms with Crippen LogP contribution < -0.4 is 10.2 Å². The van der Waals surface area contributed by atoms with E-state index in [4.69, 9.17) is 0 Å². The van der Waals surface area contributed by atoms with Crippen molar-refractivity contribution in [3.05, 3.63) is 29.8 Å². The molecule has 1 N–H and O–H groups in total. The van der Waals surface area contributed by atoms with E-state index in [0.717, 1.165) is 26.2 Å². The number of hydrogen-bond acceptors (Lipinski definition) is 4. The molecule has 4 heteroatoms. The SMILES string of the molecule is CC(C)(C)OC=O.CC(C)(C)c1ccc(N2CCNCC2)cc1. The Labute approximate surface area is 141 Å². The maximum atomic E-state index is 9.60. The molecule has 1 saturated heterocycles. The number of nitrogens with one attached hydrogen (secondary N) is 1. The summed E-state index contributed by atoms with van der Waals surface area (Å²) in [5.41, 5.74) is 2.70. The van der Waals surface area contributed by atoms with E-state index < -0.39 is 0 Å². The Bertz CT molecular complexity index is 464. The molecule has 4 nitrogen and oxygen atoms in total. The van der Waals surface area contributed by atoms with Crippen molar-refractivity contribution in [3.8, 4) is 0 Å². The average Bonchev–Trinajstić information content (AvgIpc) is 2.47. The molecule has 1 fully saturated rings. The standard InChI is InChI=1S/C14H22N2.C5H10O2/c1-14(2,3)12-4-6-13(7-5-12)16-10-8-15-9-11-16;1-5(2,3)7-4-6/h4-7,15H,8-11H2,1-3H3;4H,1-3H3. The van der Waals surface area contributed by atoms with Crippen LogP contribution in [-0.4, -0.2) is 38.3 Å². The lowest BCUT2D eigenvalue weighted by Crippen LogP contribution is -2.43. The summed E-state index contributed by atoms with van der Waals surface area (Å²) >= 11 is 0. The van der Waals surface area contributed by atoms with Crippen molar-refractivity contribution in [1.29, 1.82) is 0 Å². The van der Waals surface area contributed by atoms with Crippen molar-refractivity contribution < 1.29 is 9.53 Å². The highest BCUT2D eigenvalue weighted by molar-refractivity contribution is 5.49. The highest BCUT2D eigenvalue weighted by atomic mass is 16.5. The zero-order valence-electron chi connectivity index (χ0n) is 15.5. The number of anilines is 1. The van der Waals surface area contributed by atoms with Crippen molar-refractivity contribution in [3.63, 3.8) is 0 Å². The van der Waals surface area contributed by atoms with Gasteiger partial charge in [-0.3, -0.25) is 4.79 Å². The first-order valence-corrected chi connectivity index (χ1v) is 8.31. The lowest BCUT2D eigenvalue weighted by molar-refractivity contribution is -0.138. The number of nitrogens with zero attached hydrogens (tertiary/aromatic N) is 1. The molecule has 130 valence electrons. The van der Waals surface area contributed by atoms with Crippen LogP contribution in [0.1, 0.15) is 47.1 Å². The third-order valence-electron chi connectivity index (χ3n) is 3.62. The summed E-state index contributed by atoms with van der Waals surface area (Å²) in [5, 5.41) is 3.38. The molecule has 1 aliphatic rings. The maximum absolute atomic E-state index is 9.60. The van der Waals surface area contributed by atoms with Gasteiger partial charge in [-0.25, -0.2) is 0 Å². The number of carbonyl (C=O) groups excluding carboxylic acids is 1. The van der Waals surface area contributed by atoms with Crippen LogP contribution in [0.3, 0.4) is 0 Å². The Hall–Kier alpha value is -1.55. The monoisotopic (exact) mass is 320 g/mol. The normalized spacial score (nSPS) is 15.5. The quantitative estimate of drug-likeness (QED) is 0.849. The van der Waals surface area contributed by atoms with Gasteiger partial charge in [0, 0.05) is 31.9 Å². The van der Waals surface area contributed by atoms with E-state index in [1.54, 1.807) is 0 Å². The van der Waals surface area contributed by atoms with E-state index in [2.05, 4.69) is 60.0 Å². The molecule has 2 rings (SSSR count). The van der Waals surface area contributed by atoms with Gasteiger partial charge in [0.25, 0.3) is 6.47 Å². The molecule has 0 radical (unpaired) electrons. The summed E-state index contributed by atoms with van der Waals surface area (Å²) in [6, 6.07) is 9.03. The lowest BCUT2D eigenvalue weighted by atomic mass is 9.87. The molecule has 0 aromatic heterocycles. The van der Waals surface area contributed by atoms with Gasteiger partial charge < -0.3 is 15.0 Å². The highest BCUT2D eigenvalue weighted by Gasteiger charge is 2.15. The van der Waals surface area contributed by atoms with Crippen molar-refractivity contribution in [2.45, 2.75) is 52.6 Å². The Balaban J connectivity index is 0.000000322. The van der Waals surface area contributed by atoms with E-state index in [1.165, 1.54) is 11.3 Å². The van der Waals surface area contributed by atoms with Crippen molar-refractivity contribution >= 4 is 12.2 Å². The number of benzene rings is 1. The van der Waals surface area contributed by atoms with E-state index in [-0.39, 0.29) is 11.0 Å². The van der Waals surface area contributed by atoms with Crippen molar-refractivity contribution in [2.24, 2.45) is 0 Å². The number of ether oxygens (including phenoxy) is 1. The van der Waals surface area contributed by atoms with Crippen LogP contribution in [0.15, 0.2) is 24.3 Å². The van der Waals surface area contributed by atoms with Gasteiger partial charge in [0.15, 0.2) is 0 Å². The maximum Gasteiger partial charge on any atom is 0.293 e. The summed E-state index contributed by atoms with van der Waals surface area (Å²) in [4.78, 5) is 12.0. The summed E-state index contributed by atoms with van der Waals surface area (Å²) in [6.07, 6.45) is 0. The first-order valence-electron chi connectivity index (χ1n) is 8.31. The fraction of sp³-hybridized carbons (Fsp3) is 0.632. The van der Waals surface area contributed by atoms with Crippen LogP contribution >= 0.6 is 0 Å². The van der Waals surface area contributed by atoms with Gasteiger partial charge in [-0.15, -0.1) is 0 Å². The third kappa shape index (κ3) is 7.51. The predicted octanol–water partition coefficient (Wildman–Crippen LogP) is 3.35. The molecule has 1 aromatic rings. The summed E-state index contributed by atoms with van der Waals surface area (Å²) < 4.78 is 4.55. The molecule has 0 unspecified atom stereocenters. The van der Waals surface area contributed by atoms with Crippen LogP contribution in [0, 0.1) is 0 Å². The van der Waals surface area contributed by atoms with Gasteiger partial charge in [0.05, 0.1) is 0 Å².